The van der Waals surface area contributed by atoms with Crippen LogP contribution in [-0.2, 0) is 13.0 Å². The Balaban J connectivity index is 1.64. The number of carbonyl (C=O) groups excluding carboxylic acids is 1. The molecule has 0 aliphatic heterocycles. The minimum absolute atomic E-state index is 0.104. The Morgan fingerprint density at radius 2 is 1.81 bits per heavy atom. The molecule has 1 atom stereocenters. The number of rotatable bonds is 7. The van der Waals surface area contributed by atoms with Gasteiger partial charge in [0.1, 0.15) is 0 Å². The maximum Gasteiger partial charge on any atom is 0.475 e. The van der Waals surface area contributed by atoms with Crippen LogP contribution in [-0.4, -0.2) is 44.0 Å². The second-order valence-corrected chi connectivity index (χ2v) is 6.55. The van der Waals surface area contributed by atoms with E-state index < -0.39 is 19.0 Å². The topological polar surface area (TPSA) is 100 Å². The largest absolute Gasteiger partial charge is 0.475 e. The molecule has 27 heavy (non-hydrogen) atoms. The Morgan fingerprint density at radius 3 is 2.48 bits per heavy atom. The number of nitrogens with one attached hydrogen (secondary N) is 1. The molecule has 0 saturated heterocycles. The van der Waals surface area contributed by atoms with Gasteiger partial charge in [-0.1, -0.05) is 59.3 Å². The van der Waals surface area contributed by atoms with E-state index in [9.17, 15) is 14.8 Å². The van der Waals surface area contributed by atoms with Crippen molar-refractivity contribution in [1.82, 2.24) is 20.3 Å². The minimum atomic E-state index is -1.72. The standard InChI is InChI=1S/C18H18BClN4O3/c20-15-8-6-13(7-9-15)10-17(19(26)27)21-18(25)16-12-24(23-22-16)11-14-4-2-1-3-5-14/h1-9,12,17,26-27H,10-11H2,(H,21,25)/t17-/m0/s1. The van der Waals surface area contributed by atoms with Crippen molar-refractivity contribution < 1.29 is 14.8 Å². The van der Waals surface area contributed by atoms with E-state index >= 15 is 0 Å². The van der Waals surface area contributed by atoms with Gasteiger partial charge in [0.15, 0.2) is 5.69 Å². The zero-order chi connectivity index (χ0) is 19.2. The number of hydrogen-bond acceptors (Lipinski definition) is 5. The molecule has 0 aliphatic carbocycles. The molecule has 7 nitrogen and oxygen atoms in total. The van der Waals surface area contributed by atoms with Gasteiger partial charge < -0.3 is 15.4 Å². The van der Waals surface area contributed by atoms with Crippen LogP contribution >= 0.6 is 11.6 Å². The van der Waals surface area contributed by atoms with Crippen molar-refractivity contribution in [3.05, 3.63) is 82.6 Å². The number of nitrogens with zero attached hydrogens (tertiary/aromatic N) is 3. The molecular weight excluding hydrogens is 366 g/mol. The molecule has 3 rings (SSSR count). The van der Waals surface area contributed by atoms with E-state index in [2.05, 4.69) is 15.6 Å². The van der Waals surface area contributed by atoms with E-state index in [4.69, 9.17) is 11.6 Å². The van der Waals surface area contributed by atoms with Gasteiger partial charge in [0.2, 0.25) is 0 Å². The lowest BCUT2D eigenvalue weighted by Gasteiger charge is -2.17. The fourth-order valence-electron chi connectivity index (χ4n) is 2.60. The molecule has 2 aromatic carbocycles. The molecule has 1 amide bonds. The lowest BCUT2D eigenvalue weighted by molar-refractivity contribution is 0.0937. The Kier molecular flexibility index (Phi) is 6.23. The van der Waals surface area contributed by atoms with Crippen LogP contribution in [0.1, 0.15) is 21.6 Å². The summed E-state index contributed by atoms with van der Waals surface area (Å²) in [6.07, 6.45) is 1.75. The molecule has 1 heterocycles. The average Bonchev–Trinajstić information content (AvgIpc) is 3.12. The second-order valence-electron chi connectivity index (χ2n) is 6.11. The van der Waals surface area contributed by atoms with Crippen molar-refractivity contribution in [3.8, 4) is 0 Å². The number of hydrogen-bond donors (Lipinski definition) is 3. The van der Waals surface area contributed by atoms with Gasteiger partial charge in [0.25, 0.3) is 5.91 Å². The molecule has 3 N–H and O–H groups in total. The van der Waals surface area contributed by atoms with Crippen molar-refractivity contribution in [2.75, 3.05) is 0 Å². The number of amides is 1. The van der Waals surface area contributed by atoms with Crippen LogP contribution in [0.2, 0.25) is 5.02 Å². The third-order valence-corrected chi connectivity index (χ3v) is 4.26. The van der Waals surface area contributed by atoms with Gasteiger partial charge in [0.05, 0.1) is 18.7 Å². The smallest absolute Gasteiger partial charge is 0.426 e. The number of aromatic nitrogens is 3. The summed E-state index contributed by atoms with van der Waals surface area (Å²) in [5.74, 6) is -1.42. The summed E-state index contributed by atoms with van der Waals surface area (Å²) in [7, 11) is -1.72. The van der Waals surface area contributed by atoms with Gasteiger partial charge in [-0.25, -0.2) is 4.68 Å². The van der Waals surface area contributed by atoms with Gasteiger partial charge in [-0.3, -0.25) is 4.79 Å². The summed E-state index contributed by atoms with van der Waals surface area (Å²) in [6, 6.07) is 16.6. The summed E-state index contributed by atoms with van der Waals surface area (Å²) in [4.78, 5) is 12.4. The number of carbonyl (C=O) groups is 1. The van der Waals surface area contributed by atoms with Gasteiger partial charge in [-0.05, 0) is 29.7 Å². The minimum Gasteiger partial charge on any atom is -0.426 e. The molecule has 138 valence electrons. The molecule has 0 fully saturated rings. The molecule has 0 spiro atoms. The van der Waals surface area contributed by atoms with Gasteiger partial charge in [-0.15, -0.1) is 5.10 Å². The normalized spacial score (nSPS) is 11.8. The van der Waals surface area contributed by atoms with E-state index in [0.717, 1.165) is 11.1 Å². The number of benzene rings is 2. The molecule has 0 saturated carbocycles. The SMILES string of the molecule is O=C(N[C@@H](Cc1ccc(Cl)cc1)B(O)O)c1cn(Cc2ccccc2)nn1. The van der Waals surface area contributed by atoms with Crippen molar-refractivity contribution in [2.24, 2.45) is 0 Å². The Bertz CT molecular complexity index is 887. The summed E-state index contributed by atoms with van der Waals surface area (Å²) >= 11 is 5.85. The predicted octanol–water partition coefficient (Wildman–Crippen LogP) is 1.33. The summed E-state index contributed by atoms with van der Waals surface area (Å²) < 4.78 is 1.55. The highest BCUT2D eigenvalue weighted by atomic mass is 35.5. The van der Waals surface area contributed by atoms with Crippen LogP contribution in [0.5, 0.6) is 0 Å². The summed E-state index contributed by atoms with van der Waals surface area (Å²) in [6.45, 7) is 0.484. The third kappa shape index (κ3) is 5.40. The zero-order valence-electron chi connectivity index (χ0n) is 14.4. The van der Waals surface area contributed by atoms with Gasteiger partial charge >= 0.3 is 7.12 Å². The van der Waals surface area contributed by atoms with Crippen molar-refractivity contribution in [3.63, 3.8) is 0 Å². The van der Waals surface area contributed by atoms with Crippen LogP contribution in [0.3, 0.4) is 0 Å². The molecule has 0 bridgehead atoms. The van der Waals surface area contributed by atoms with Crippen molar-refractivity contribution in [2.45, 2.75) is 18.9 Å². The van der Waals surface area contributed by atoms with Crippen LogP contribution in [0.15, 0.2) is 60.8 Å². The van der Waals surface area contributed by atoms with Crippen LogP contribution in [0.25, 0.3) is 0 Å². The van der Waals surface area contributed by atoms with E-state index in [1.807, 2.05) is 30.3 Å². The lowest BCUT2D eigenvalue weighted by atomic mass is 9.76. The number of halogens is 1. The molecule has 0 radical (unpaired) electrons. The zero-order valence-corrected chi connectivity index (χ0v) is 15.1. The Morgan fingerprint density at radius 1 is 1.11 bits per heavy atom. The molecule has 0 unspecified atom stereocenters. The summed E-state index contributed by atoms with van der Waals surface area (Å²) in [5.41, 5.74) is 1.94. The third-order valence-electron chi connectivity index (χ3n) is 4.00. The summed E-state index contributed by atoms with van der Waals surface area (Å²) in [5, 5.41) is 30.2. The maximum atomic E-state index is 12.4. The first kappa shape index (κ1) is 19.1. The van der Waals surface area contributed by atoms with Crippen molar-refractivity contribution >= 4 is 24.6 Å². The van der Waals surface area contributed by atoms with Gasteiger partial charge in [-0.2, -0.15) is 0 Å². The maximum absolute atomic E-state index is 12.4. The molecule has 1 aromatic heterocycles. The van der Waals surface area contributed by atoms with Gasteiger partial charge in [0, 0.05) is 5.02 Å². The highest BCUT2D eigenvalue weighted by Gasteiger charge is 2.27. The first-order chi connectivity index (χ1) is 13.0. The fourth-order valence-corrected chi connectivity index (χ4v) is 2.72. The molecule has 0 aliphatic rings. The fraction of sp³-hybridized carbons (Fsp3) is 0.167. The lowest BCUT2D eigenvalue weighted by Crippen LogP contribution is -2.48. The monoisotopic (exact) mass is 384 g/mol. The first-order valence-corrected chi connectivity index (χ1v) is 8.74. The van der Waals surface area contributed by atoms with Crippen LogP contribution in [0.4, 0.5) is 0 Å². The van der Waals surface area contributed by atoms with Crippen LogP contribution < -0.4 is 5.32 Å². The average molecular weight is 385 g/mol. The van der Waals surface area contributed by atoms with E-state index in [-0.39, 0.29) is 12.1 Å². The van der Waals surface area contributed by atoms with E-state index in [1.165, 1.54) is 6.20 Å². The highest BCUT2D eigenvalue weighted by molar-refractivity contribution is 6.43. The van der Waals surface area contributed by atoms with E-state index in [0.29, 0.717) is 11.6 Å². The Hall–Kier alpha value is -2.68. The molecular formula is C18H18BClN4O3. The van der Waals surface area contributed by atoms with E-state index in [1.54, 1.807) is 28.9 Å². The molecule has 9 heteroatoms. The molecule has 3 aromatic rings. The van der Waals surface area contributed by atoms with Crippen LogP contribution in [0, 0.1) is 0 Å². The highest BCUT2D eigenvalue weighted by Crippen LogP contribution is 2.12. The second kappa shape index (κ2) is 8.81. The first-order valence-electron chi connectivity index (χ1n) is 8.37. The van der Waals surface area contributed by atoms with Crippen molar-refractivity contribution in [1.29, 1.82) is 0 Å². The quantitative estimate of drug-likeness (QED) is 0.534. The predicted molar refractivity (Wildman–Crippen MR) is 102 cm³/mol. The Labute approximate surface area is 161 Å².